The summed E-state index contributed by atoms with van der Waals surface area (Å²) in [5, 5.41) is 3.63. The molecule has 0 atom stereocenters. The van der Waals surface area contributed by atoms with Crippen LogP contribution in [0.1, 0.15) is 5.56 Å². The summed E-state index contributed by atoms with van der Waals surface area (Å²) in [6.45, 7) is -0.335. The van der Waals surface area contributed by atoms with Crippen LogP contribution >= 0.6 is 0 Å². The van der Waals surface area contributed by atoms with Gasteiger partial charge in [-0.15, -0.1) is 0 Å². The number of rotatable bonds is 6. The second-order valence-corrected chi connectivity index (χ2v) is 5.48. The summed E-state index contributed by atoms with van der Waals surface area (Å²) >= 11 is 0. The lowest BCUT2D eigenvalue weighted by atomic mass is 10.1. The van der Waals surface area contributed by atoms with Crippen molar-refractivity contribution in [2.75, 3.05) is 19.0 Å². The van der Waals surface area contributed by atoms with Gasteiger partial charge in [-0.1, -0.05) is 24.3 Å². The number of H-pyrrole nitrogens is 1. The van der Waals surface area contributed by atoms with Gasteiger partial charge in [0.25, 0.3) is 5.91 Å². The van der Waals surface area contributed by atoms with Crippen molar-refractivity contribution in [1.82, 2.24) is 4.98 Å². The van der Waals surface area contributed by atoms with Crippen molar-refractivity contribution in [2.45, 2.75) is 6.42 Å². The van der Waals surface area contributed by atoms with E-state index in [4.69, 9.17) is 9.47 Å². The van der Waals surface area contributed by atoms with E-state index in [0.717, 1.165) is 16.5 Å². The maximum atomic E-state index is 12.0. The van der Waals surface area contributed by atoms with E-state index < -0.39 is 11.9 Å². The minimum absolute atomic E-state index is 0.108. The van der Waals surface area contributed by atoms with Crippen molar-refractivity contribution in [3.05, 3.63) is 60.3 Å². The minimum atomic E-state index is -0.453. The third-order valence-electron chi connectivity index (χ3n) is 3.73. The molecule has 0 aliphatic rings. The normalized spacial score (nSPS) is 10.4. The number of esters is 1. The van der Waals surface area contributed by atoms with E-state index >= 15 is 0 Å². The molecule has 0 saturated carbocycles. The van der Waals surface area contributed by atoms with Gasteiger partial charge >= 0.3 is 5.97 Å². The molecule has 0 aliphatic carbocycles. The van der Waals surface area contributed by atoms with Crippen LogP contribution in [0.25, 0.3) is 10.9 Å². The smallest absolute Gasteiger partial charge is 0.310 e. The van der Waals surface area contributed by atoms with Crippen molar-refractivity contribution in [1.29, 1.82) is 0 Å². The first kappa shape index (κ1) is 16.6. The SMILES string of the molecule is COc1cccc(NC(=O)COC(=O)Cc2c[nH]c3ccccc23)c1. The molecule has 6 heteroatoms. The highest BCUT2D eigenvalue weighted by molar-refractivity contribution is 5.93. The molecular weight excluding hydrogens is 320 g/mol. The Balaban J connectivity index is 1.52. The lowest BCUT2D eigenvalue weighted by Gasteiger charge is -2.07. The number of amides is 1. The Morgan fingerprint density at radius 3 is 2.80 bits per heavy atom. The van der Waals surface area contributed by atoms with E-state index in [1.54, 1.807) is 37.6 Å². The van der Waals surface area contributed by atoms with E-state index in [9.17, 15) is 9.59 Å². The zero-order chi connectivity index (χ0) is 17.6. The highest BCUT2D eigenvalue weighted by atomic mass is 16.5. The Labute approximate surface area is 144 Å². The molecule has 0 bridgehead atoms. The Kier molecular flexibility index (Phi) is 4.99. The van der Waals surface area contributed by atoms with Crippen LogP contribution in [0.15, 0.2) is 54.7 Å². The minimum Gasteiger partial charge on any atom is -0.497 e. The van der Waals surface area contributed by atoms with Crippen LogP contribution in [-0.2, 0) is 20.7 Å². The molecule has 0 saturated heterocycles. The molecule has 3 aromatic rings. The van der Waals surface area contributed by atoms with Crippen LogP contribution in [0.4, 0.5) is 5.69 Å². The van der Waals surface area contributed by atoms with Crippen LogP contribution in [0, 0.1) is 0 Å². The number of nitrogens with one attached hydrogen (secondary N) is 2. The summed E-state index contributed by atoms with van der Waals surface area (Å²) < 4.78 is 10.1. The summed E-state index contributed by atoms with van der Waals surface area (Å²) in [7, 11) is 1.55. The average Bonchev–Trinajstić information content (AvgIpc) is 3.03. The molecule has 0 aliphatic heterocycles. The van der Waals surface area contributed by atoms with Gasteiger partial charge in [-0.2, -0.15) is 0 Å². The third kappa shape index (κ3) is 4.17. The monoisotopic (exact) mass is 338 g/mol. The molecule has 0 unspecified atom stereocenters. The number of anilines is 1. The lowest BCUT2D eigenvalue weighted by molar-refractivity contribution is -0.146. The standard InChI is InChI=1S/C19H18N2O4/c1-24-15-6-4-5-14(10-15)21-18(22)12-25-19(23)9-13-11-20-17-8-3-2-7-16(13)17/h2-8,10-11,20H,9,12H2,1H3,(H,21,22). The van der Waals surface area contributed by atoms with Gasteiger partial charge in [0.1, 0.15) is 5.75 Å². The molecule has 0 spiro atoms. The fourth-order valence-electron chi connectivity index (χ4n) is 2.53. The third-order valence-corrected chi connectivity index (χ3v) is 3.73. The van der Waals surface area contributed by atoms with Crippen LogP contribution < -0.4 is 10.1 Å². The van der Waals surface area contributed by atoms with E-state index in [0.29, 0.717) is 11.4 Å². The average molecular weight is 338 g/mol. The summed E-state index contributed by atoms with van der Waals surface area (Å²) in [5.74, 6) is -0.222. The van der Waals surface area contributed by atoms with Gasteiger partial charge in [0, 0.05) is 28.9 Å². The Morgan fingerprint density at radius 2 is 1.96 bits per heavy atom. The molecule has 2 N–H and O–H groups in total. The fraction of sp³-hybridized carbons (Fsp3) is 0.158. The number of hydrogen-bond acceptors (Lipinski definition) is 4. The van der Waals surface area contributed by atoms with Gasteiger partial charge in [0.15, 0.2) is 6.61 Å². The van der Waals surface area contributed by atoms with Crippen LogP contribution in [0.5, 0.6) is 5.75 Å². The second kappa shape index (κ2) is 7.53. The number of para-hydroxylation sites is 1. The van der Waals surface area contributed by atoms with Crippen molar-refractivity contribution in [2.24, 2.45) is 0 Å². The zero-order valence-corrected chi connectivity index (χ0v) is 13.7. The van der Waals surface area contributed by atoms with Crippen LogP contribution in [0.3, 0.4) is 0 Å². The predicted molar refractivity (Wildman–Crippen MR) is 94.6 cm³/mol. The van der Waals surface area contributed by atoms with Crippen LogP contribution in [-0.4, -0.2) is 30.6 Å². The van der Waals surface area contributed by atoms with E-state index in [1.807, 2.05) is 24.3 Å². The Morgan fingerprint density at radius 1 is 1.12 bits per heavy atom. The lowest BCUT2D eigenvalue weighted by Crippen LogP contribution is -2.21. The predicted octanol–water partition coefficient (Wildman–Crippen LogP) is 2.90. The number of aromatic amines is 1. The van der Waals surface area contributed by atoms with Gasteiger partial charge in [-0.3, -0.25) is 9.59 Å². The van der Waals surface area contributed by atoms with Gasteiger partial charge < -0.3 is 19.8 Å². The second-order valence-electron chi connectivity index (χ2n) is 5.48. The molecule has 1 amide bonds. The molecule has 0 fully saturated rings. The number of ether oxygens (including phenoxy) is 2. The quantitative estimate of drug-likeness (QED) is 0.677. The van der Waals surface area contributed by atoms with Crippen molar-refractivity contribution < 1.29 is 19.1 Å². The number of carbonyl (C=O) groups is 2. The van der Waals surface area contributed by atoms with Crippen LogP contribution in [0.2, 0.25) is 0 Å². The maximum absolute atomic E-state index is 12.0. The van der Waals surface area contributed by atoms with Gasteiger partial charge in [0.05, 0.1) is 13.5 Å². The number of aromatic nitrogens is 1. The fourth-order valence-corrected chi connectivity index (χ4v) is 2.53. The highest BCUT2D eigenvalue weighted by Crippen LogP contribution is 2.18. The van der Waals surface area contributed by atoms with Crippen molar-refractivity contribution in [3.63, 3.8) is 0 Å². The largest absolute Gasteiger partial charge is 0.497 e. The highest BCUT2D eigenvalue weighted by Gasteiger charge is 2.12. The summed E-state index contributed by atoms with van der Waals surface area (Å²) in [4.78, 5) is 27.0. The number of methoxy groups -OCH3 is 1. The number of fused-ring (bicyclic) bond motifs is 1. The number of hydrogen-bond donors (Lipinski definition) is 2. The molecule has 1 heterocycles. The maximum Gasteiger partial charge on any atom is 0.310 e. The molecule has 6 nitrogen and oxygen atoms in total. The molecular formula is C19H18N2O4. The Hall–Kier alpha value is -3.28. The van der Waals surface area contributed by atoms with Gasteiger partial charge in [0.2, 0.25) is 0 Å². The molecule has 128 valence electrons. The number of benzene rings is 2. The summed E-state index contributed by atoms with van der Waals surface area (Å²) in [6.07, 6.45) is 1.89. The summed E-state index contributed by atoms with van der Waals surface area (Å²) in [5.41, 5.74) is 2.38. The van der Waals surface area contributed by atoms with E-state index in [2.05, 4.69) is 10.3 Å². The molecule has 2 aromatic carbocycles. The van der Waals surface area contributed by atoms with E-state index in [1.165, 1.54) is 0 Å². The Bertz CT molecular complexity index is 901. The number of carbonyl (C=O) groups excluding carboxylic acids is 2. The topological polar surface area (TPSA) is 80.4 Å². The van der Waals surface area contributed by atoms with E-state index in [-0.39, 0.29) is 13.0 Å². The molecule has 0 radical (unpaired) electrons. The van der Waals surface area contributed by atoms with Crippen molar-refractivity contribution >= 4 is 28.5 Å². The molecule has 1 aromatic heterocycles. The van der Waals surface area contributed by atoms with Crippen molar-refractivity contribution in [3.8, 4) is 5.75 Å². The first-order valence-electron chi connectivity index (χ1n) is 7.80. The first-order chi connectivity index (χ1) is 12.2. The zero-order valence-electron chi connectivity index (χ0n) is 13.7. The molecule has 3 rings (SSSR count). The first-order valence-corrected chi connectivity index (χ1v) is 7.80. The summed E-state index contributed by atoms with van der Waals surface area (Å²) in [6, 6.07) is 14.7. The van der Waals surface area contributed by atoms with Gasteiger partial charge in [-0.25, -0.2) is 0 Å². The molecule has 25 heavy (non-hydrogen) atoms. The van der Waals surface area contributed by atoms with Gasteiger partial charge in [-0.05, 0) is 23.8 Å².